The summed E-state index contributed by atoms with van der Waals surface area (Å²) in [6.07, 6.45) is 1.82. The fourth-order valence-corrected chi connectivity index (χ4v) is 2.67. The Labute approximate surface area is 69.8 Å². The smallest absolute Gasteiger partial charge is 0.316 e. The van der Waals surface area contributed by atoms with Gasteiger partial charge in [0.1, 0.15) is 5.25 Å². The van der Waals surface area contributed by atoms with E-state index in [0.717, 1.165) is 18.6 Å². The molecule has 0 unspecified atom stereocenters. The predicted molar refractivity (Wildman–Crippen MR) is 45.9 cm³/mol. The van der Waals surface area contributed by atoms with Gasteiger partial charge in [-0.2, -0.15) is 12.6 Å². The monoisotopic (exact) mass is 178 g/mol. The van der Waals surface area contributed by atoms with Crippen molar-refractivity contribution in [3.8, 4) is 0 Å². The number of carboxylic acids is 1. The minimum absolute atomic E-state index is 0.169. The summed E-state index contributed by atoms with van der Waals surface area (Å²) in [7, 11) is 0. The number of thiol groups is 1. The van der Waals surface area contributed by atoms with Crippen molar-refractivity contribution in [3.63, 3.8) is 0 Å². The lowest BCUT2D eigenvalue weighted by molar-refractivity contribution is -0.136. The minimum Gasteiger partial charge on any atom is -0.480 e. The Morgan fingerprint density at radius 1 is 1.70 bits per heavy atom. The van der Waals surface area contributed by atoms with Crippen LogP contribution in [0, 0.1) is 0 Å². The van der Waals surface area contributed by atoms with E-state index < -0.39 is 5.97 Å². The second kappa shape index (κ2) is 3.53. The first-order valence-corrected chi connectivity index (χ1v) is 4.80. The van der Waals surface area contributed by atoms with Crippen molar-refractivity contribution >= 4 is 30.4 Å². The van der Waals surface area contributed by atoms with Crippen LogP contribution in [0.1, 0.15) is 12.8 Å². The first-order valence-electron chi connectivity index (χ1n) is 3.23. The fraction of sp³-hybridized carbons (Fsp3) is 0.833. The molecule has 0 aromatic heterocycles. The van der Waals surface area contributed by atoms with Crippen LogP contribution in [0.5, 0.6) is 0 Å². The predicted octanol–water partition coefficient (Wildman–Crippen LogP) is 1.26. The molecular formula is C6H10O2S2. The molecule has 58 valence electrons. The van der Waals surface area contributed by atoms with Crippen LogP contribution in [0.15, 0.2) is 0 Å². The molecule has 1 aliphatic heterocycles. The topological polar surface area (TPSA) is 37.3 Å². The molecule has 2 nitrogen and oxygen atoms in total. The Hall–Kier alpha value is 0.170. The largest absolute Gasteiger partial charge is 0.480 e. The van der Waals surface area contributed by atoms with E-state index in [1.54, 1.807) is 11.8 Å². The number of carboxylic acid groups (broad SMARTS) is 1. The summed E-state index contributed by atoms with van der Waals surface area (Å²) in [5.74, 6) is 0.128. The van der Waals surface area contributed by atoms with Crippen molar-refractivity contribution < 1.29 is 9.90 Å². The van der Waals surface area contributed by atoms with Gasteiger partial charge in [-0.25, -0.2) is 0 Å². The SMILES string of the molecule is O=C(O)[C@@H]1CC[C@@H](CS)S1. The number of thioether (sulfide) groups is 1. The lowest BCUT2D eigenvalue weighted by atomic mass is 10.2. The van der Waals surface area contributed by atoms with Gasteiger partial charge in [0, 0.05) is 11.0 Å². The van der Waals surface area contributed by atoms with Crippen LogP contribution in [0.2, 0.25) is 0 Å². The van der Waals surface area contributed by atoms with E-state index in [-0.39, 0.29) is 5.25 Å². The molecule has 0 saturated carbocycles. The summed E-state index contributed by atoms with van der Waals surface area (Å²) in [6.45, 7) is 0. The van der Waals surface area contributed by atoms with Crippen LogP contribution < -0.4 is 0 Å². The van der Waals surface area contributed by atoms with Gasteiger partial charge < -0.3 is 5.11 Å². The van der Waals surface area contributed by atoms with Crippen LogP contribution in [0.3, 0.4) is 0 Å². The van der Waals surface area contributed by atoms with Crippen molar-refractivity contribution in [1.82, 2.24) is 0 Å². The Bertz CT molecular complexity index is 138. The molecule has 1 N–H and O–H groups in total. The minimum atomic E-state index is -0.672. The highest BCUT2D eigenvalue weighted by Crippen LogP contribution is 2.34. The second-order valence-corrected chi connectivity index (χ2v) is 4.22. The van der Waals surface area contributed by atoms with Gasteiger partial charge in [-0.15, -0.1) is 11.8 Å². The molecule has 10 heavy (non-hydrogen) atoms. The molecule has 1 fully saturated rings. The Morgan fingerprint density at radius 2 is 2.40 bits per heavy atom. The van der Waals surface area contributed by atoms with Crippen molar-refractivity contribution in [2.45, 2.75) is 23.3 Å². The van der Waals surface area contributed by atoms with Gasteiger partial charge in [-0.05, 0) is 12.8 Å². The third-order valence-electron chi connectivity index (χ3n) is 1.59. The van der Waals surface area contributed by atoms with Crippen LogP contribution in [-0.4, -0.2) is 27.3 Å². The van der Waals surface area contributed by atoms with Gasteiger partial charge in [-0.1, -0.05) is 0 Å². The molecule has 1 heterocycles. The molecule has 0 spiro atoms. The van der Waals surface area contributed by atoms with Crippen molar-refractivity contribution in [2.75, 3.05) is 5.75 Å². The van der Waals surface area contributed by atoms with Crippen LogP contribution in [0.4, 0.5) is 0 Å². The second-order valence-electron chi connectivity index (χ2n) is 2.34. The Balaban J connectivity index is 2.35. The highest BCUT2D eigenvalue weighted by atomic mass is 32.2. The zero-order valence-electron chi connectivity index (χ0n) is 5.49. The summed E-state index contributed by atoms with van der Waals surface area (Å²) in [4.78, 5) is 10.4. The first kappa shape index (κ1) is 8.27. The fourth-order valence-electron chi connectivity index (χ4n) is 1.02. The molecule has 1 aliphatic rings. The number of aliphatic carboxylic acids is 1. The van der Waals surface area contributed by atoms with Gasteiger partial charge in [0.2, 0.25) is 0 Å². The standard InChI is InChI=1S/C6H10O2S2/c7-6(8)5-2-1-4(3-9)10-5/h4-5,9H,1-3H2,(H,7,8)/t4-,5-/m0/s1. The van der Waals surface area contributed by atoms with Crippen LogP contribution in [-0.2, 0) is 4.79 Å². The molecule has 1 rings (SSSR count). The van der Waals surface area contributed by atoms with Gasteiger partial charge in [0.25, 0.3) is 0 Å². The quantitative estimate of drug-likeness (QED) is 0.625. The number of carbonyl (C=O) groups is 1. The van der Waals surface area contributed by atoms with Crippen molar-refractivity contribution in [1.29, 1.82) is 0 Å². The van der Waals surface area contributed by atoms with Gasteiger partial charge >= 0.3 is 5.97 Å². The molecule has 2 atom stereocenters. The van der Waals surface area contributed by atoms with E-state index >= 15 is 0 Å². The van der Waals surface area contributed by atoms with Crippen LogP contribution >= 0.6 is 24.4 Å². The zero-order chi connectivity index (χ0) is 7.56. The summed E-state index contributed by atoms with van der Waals surface area (Å²) in [5.41, 5.74) is 0. The van der Waals surface area contributed by atoms with Crippen molar-refractivity contribution in [3.05, 3.63) is 0 Å². The number of hydrogen-bond acceptors (Lipinski definition) is 3. The van der Waals surface area contributed by atoms with E-state index in [1.807, 2.05) is 0 Å². The summed E-state index contributed by atoms with van der Waals surface area (Å²) in [6, 6.07) is 0. The van der Waals surface area contributed by atoms with Gasteiger partial charge in [-0.3, -0.25) is 4.79 Å². The van der Waals surface area contributed by atoms with E-state index in [2.05, 4.69) is 12.6 Å². The van der Waals surface area contributed by atoms with E-state index in [4.69, 9.17) is 5.11 Å². The molecule has 0 amide bonds. The van der Waals surface area contributed by atoms with E-state index in [0.29, 0.717) is 5.25 Å². The number of rotatable bonds is 2. The summed E-state index contributed by atoms with van der Waals surface area (Å²) in [5, 5.41) is 8.87. The van der Waals surface area contributed by atoms with E-state index in [1.165, 1.54) is 0 Å². The molecule has 0 aromatic rings. The third kappa shape index (κ3) is 1.83. The third-order valence-corrected chi connectivity index (χ3v) is 3.83. The maximum atomic E-state index is 10.4. The molecule has 0 aromatic carbocycles. The molecule has 0 bridgehead atoms. The van der Waals surface area contributed by atoms with E-state index in [9.17, 15) is 4.79 Å². The average Bonchev–Trinajstić information content (AvgIpc) is 2.34. The molecular weight excluding hydrogens is 168 g/mol. The Morgan fingerprint density at radius 3 is 2.70 bits per heavy atom. The first-order chi connectivity index (χ1) is 4.74. The average molecular weight is 178 g/mol. The molecule has 0 radical (unpaired) electrons. The maximum absolute atomic E-state index is 10.4. The lowest BCUT2D eigenvalue weighted by Crippen LogP contribution is -2.12. The number of hydrogen-bond donors (Lipinski definition) is 2. The molecule has 1 saturated heterocycles. The molecule has 4 heteroatoms. The molecule has 0 aliphatic carbocycles. The zero-order valence-corrected chi connectivity index (χ0v) is 7.20. The van der Waals surface area contributed by atoms with Gasteiger partial charge in [0.15, 0.2) is 0 Å². The van der Waals surface area contributed by atoms with Crippen LogP contribution in [0.25, 0.3) is 0 Å². The Kier molecular flexibility index (Phi) is 2.92. The maximum Gasteiger partial charge on any atom is 0.316 e. The van der Waals surface area contributed by atoms with Crippen molar-refractivity contribution in [2.24, 2.45) is 0 Å². The van der Waals surface area contributed by atoms with Gasteiger partial charge in [0.05, 0.1) is 0 Å². The highest BCUT2D eigenvalue weighted by molar-refractivity contribution is 8.02. The normalized spacial score (nSPS) is 32.5. The highest BCUT2D eigenvalue weighted by Gasteiger charge is 2.29. The summed E-state index contributed by atoms with van der Waals surface area (Å²) < 4.78 is 0. The summed E-state index contributed by atoms with van der Waals surface area (Å²) >= 11 is 5.65. The lowest BCUT2D eigenvalue weighted by Gasteiger charge is -2.03.